The highest BCUT2D eigenvalue weighted by molar-refractivity contribution is 7.80. The Balaban J connectivity index is 2.10. The van der Waals surface area contributed by atoms with Gasteiger partial charge in [-0.3, -0.25) is 4.79 Å². The van der Waals surface area contributed by atoms with Gasteiger partial charge in [0.2, 0.25) is 0 Å². The highest BCUT2D eigenvalue weighted by Gasteiger charge is 2.06. The summed E-state index contributed by atoms with van der Waals surface area (Å²) in [6.07, 6.45) is 4.27. The number of rotatable bonds is 3. The molecule has 0 aliphatic carbocycles. The van der Waals surface area contributed by atoms with Gasteiger partial charge in [-0.2, -0.15) is 0 Å². The molecule has 0 radical (unpaired) electrons. The van der Waals surface area contributed by atoms with Crippen LogP contribution in [0.25, 0.3) is 0 Å². The number of anilines is 1. The molecule has 0 atom stereocenters. The third kappa shape index (κ3) is 2.86. The second-order valence-corrected chi connectivity index (χ2v) is 3.96. The Hall–Kier alpha value is -2.34. The number of carbonyl (C=O) groups excluding carboxylic acids is 1. The van der Waals surface area contributed by atoms with Crippen molar-refractivity contribution in [2.45, 2.75) is 0 Å². The quantitative estimate of drug-likeness (QED) is 0.812. The van der Waals surface area contributed by atoms with Crippen LogP contribution in [-0.2, 0) is 0 Å². The predicted molar refractivity (Wildman–Crippen MR) is 72.3 cm³/mol. The number of benzene rings is 1. The fourth-order valence-electron chi connectivity index (χ4n) is 1.34. The van der Waals surface area contributed by atoms with Crippen molar-refractivity contribution in [3.05, 3.63) is 54.1 Å². The lowest BCUT2D eigenvalue weighted by molar-refractivity contribution is 0.102. The largest absolute Gasteiger partial charge is 0.389 e. The van der Waals surface area contributed by atoms with Crippen LogP contribution in [0, 0.1) is 0 Å². The zero-order chi connectivity index (χ0) is 13.0. The molecular weight excluding hydrogens is 248 g/mol. The van der Waals surface area contributed by atoms with Gasteiger partial charge in [0, 0.05) is 23.6 Å². The first-order valence-corrected chi connectivity index (χ1v) is 5.54. The van der Waals surface area contributed by atoms with E-state index in [0.717, 1.165) is 5.56 Å². The zero-order valence-electron chi connectivity index (χ0n) is 9.33. The average molecular weight is 258 g/mol. The highest BCUT2D eigenvalue weighted by atomic mass is 32.1. The predicted octanol–water partition coefficient (Wildman–Crippen LogP) is 1.36. The lowest BCUT2D eigenvalue weighted by atomic mass is 10.2. The molecule has 0 bridgehead atoms. The Labute approximate surface area is 109 Å². The van der Waals surface area contributed by atoms with E-state index < -0.39 is 0 Å². The summed E-state index contributed by atoms with van der Waals surface area (Å²) in [7, 11) is 0. The Morgan fingerprint density at radius 1 is 1.11 bits per heavy atom. The molecule has 90 valence electrons. The van der Waals surface area contributed by atoms with E-state index in [4.69, 9.17) is 18.0 Å². The number of nitrogens with one attached hydrogen (secondary N) is 1. The van der Waals surface area contributed by atoms with Crippen molar-refractivity contribution in [3.63, 3.8) is 0 Å². The monoisotopic (exact) mass is 258 g/mol. The second-order valence-electron chi connectivity index (χ2n) is 3.52. The van der Waals surface area contributed by atoms with Crippen molar-refractivity contribution in [3.8, 4) is 0 Å². The minimum Gasteiger partial charge on any atom is -0.389 e. The van der Waals surface area contributed by atoms with Crippen LogP contribution in [0.3, 0.4) is 0 Å². The number of hydrogen-bond acceptors (Lipinski definition) is 4. The van der Waals surface area contributed by atoms with Crippen LogP contribution >= 0.6 is 12.2 Å². The molecule has 0 aliphatic rings. The lowest BCUT2D eigenvalue weighted by Crippen LogP contribution is -2.13. The molecule has 0 spiro atoms. The molecule has 5 nitrogen and oxygen atoms in total. The summed E-state index contributed by atoms with van der Waals surface area (Å²) >= 11 is 4.84. The molecule has 0 aliphatic heterocycles. The molecule has 2 aromatic rings. The number of nitrogens with two attached hydrogens (primary N) is 1. The van der Waals surface area contributed by atoms with Crippen LogP contribution in [-0.4, -0.2) is 20.9 Å². The first kappa shape index (κ1) is 12.1. The minimum atomic E-state index is -0.265. The molecule has 18 heavy (non-hydrogen) atoms. The standard InChI is InChI=1S/C12H10N4OS/c13-11(18)8-1-3-10(4-2-8)16-12(17)9-5-14-7-15-6-9/h1-7H,(H2,13,18)(H,16,17). The fourth-order valence-corrected chi connectivity index (χ4v) is 1.47. The summed E-state index contributed by atoms with van der Waals surface area (Å²) in [5.41, 5.74) is 7.29. The van der Waals surface area contributed by atoms with Crippen molar-refractivity contribution in [1.82, 2.24) is 9.97 Å². The van der Waals surface area contributed by atoms with Gasteiger partial charge in [0.05, 0.1) is 5.56 Å². The third-order valence-electron chi connectivity index (χ3n) is 2.25. The lowest BCUT2D eigenvalue weighted by Gasteiger charge is -2.05. The third-order valence-corrected chi connectivity index (χ3v) is 2.49. The Morgan fingerprint density at radius 2 is 1.72 bits per heavy atom. The molecule has 1 aromatic carbocycles. The molecule has 2 rings (SSSR count). The molecular formula is C12H10N4OS. The van der Waals surface area contributed by atoms with E-state index >= 15 is 0 Å². The SMILES string of the molecule is NC(=S)c1ccc(NC(=O)c2cncnc2)cc1. The van der Waals surface area contributed by atoms with E-state index in [1.807, 2.05) is 0 Å². The summed E-state index contributed by atoms with van der Waals surface area (Å²) < 4.78 is 0. The van der Waals surface area contributed by atoms with Crippen LogP contribution < -0.4 is 11.1 Å². The van der Waals surface area contributed by atoms with E-state index in [1.165, 1.54) is 18.7 Å². The molecule has 1 aromatic heterocycles. The molecule has 1 heterocycles. The maximum atomic E-state index is 11.8. The maximum absolute atomic E-state index is 11.8. The number of nitrogens with zero attached hydrogens (tertiary/aromatic N) is 2. The molecule has 0 saturated carbocycles. The maximum Gasteiger partial charge on any atom is 0.258 e. The van der Waals surface area contributed by atoms with Gasteiger partial charge in [0.25, 0.3) is 5.91 Å². The topological polar surface area (TPSA) is 80.9 Å². The molecule has 0 saturated heterocycles. The molecule has 1 amide bonds. The van der Waals surface area contributed by atoms with E-state index in [1.54, 1.807) is 24.3 Å². The normalized spacial score (nSPS) is 9.78. The van der Waals surface area contributed by atoms with Gasteiger partial charge >= 0.3 is 0 Å². The Morgan fingerprint density at radius 3 is 2.28 bits per heavy atom. The second kappa shape index (κ2) is 5.33. The molecule has 0 fully saturated rings. The summed E-state index contributed by atoms with van der Waals surface area (Å²) in [5, 5.41) is 2.72. The van der Waals surface area contributed by atoms with E-state index in [0.29, 0.717) is 16.2 Å². The van der Waals surface area contributed by atoms with E-state index in [-0.39, 0.29) is 5.91 Å². The van der Waals surface area contributed by atoms with E-state index in [9.17, 15) is 4.79 Å². The van der Waals surface area contributed by atoms with Crippen LogP contribution in [0.4, 0.5) is 5.69 Å². The molecule has 6 heteroatoms. The molecule has 3 N–H and O–H groups in total. The smallest absolute Gasteiger partial charge is 0.258 e. The van der Waals surface area contributed by atoms with Gasteiger partial charge in [-0.25, -0.2) is 9.97 Å². The summed E-state index contributed by atoms with van der Waals surface area (Å²) in [6.45, 7) is 0. The summed E-state index contributed by atoms with van der Waals surface area (Å²) in [5.74, 6) is -0.265. The zero-order valence-corrected chi connectivity index (χ0v) is 10.1. The van der Waals surface area contributed by atoms with Crippen LogP contribution in [0.5, 0.6) is 0 Å². The van der Waals surface area contributed by atoms with Crippen molar-refractivity contribution in [2.24, 2.45) is 5.73 Å². The van der Waals surface area contributed by atoms with Gasteiger partial charge in [-0.1, -0.05) is 12.2 Å². The van der Waals surface area contributed by atoms with Gasteiger partial charge < -0.3 is 11.1 Å². The Bertz CT molecular complexity index is 568. The van der Waals surface area contributed by atoms with E-state index in [2.05, 4.69) is 15.3 Å². The number of thiocarbonyl (C=S) groups is 1. The van der Waals surface area contributed by atoms with Gasteiger partial charge in [0.1, 0.15) is 11.3 Å². The van der Waals surface area contributed by atoms with Crippen molar-refractivity contribution < 1.29 is 4.79 Å². The number of hydrogen-bond donors (Lipinski definition) is 2. The molecule has 0 unspecified atom stereocenters. The number of carbonyl (C=O) groups is 1. The van der Waals surface area contributed by atoms with Gasteiger partial charge in [-0.05, 0) is 24.3 Å². The first-order chi connectivity index (χ1) is 8.66. The fraction of sp³-hybridized carbons (Fsp3) is 0. The van der Waals surface area contributed by atoms with Gasteiger partial charge in [0.15, 0.2) is 0 Å². The number of aromatic nitrogens is 2. The summed E-state index contributed by atoms with van der Waals surface area (Å²) in [6, 6.07) is 6.96. The van der Waals surface area contributed by atoms with Crippen molar-refractivity contribution in [1.29, 1.82) is 0 Å². The Kier molecular flexibility index (Phi) is 3.59. The van der Waals surface area contributed by atoms with Crippen LogP contribution in [0.15, 0.2) is 43.0 Å². The average Bonchev–Trinajstić information content (AvgIpc) is 2.40. The van der Waals surface area contributed by atoms with Crippen molar-refractivity contribution in [2.75, 3.05) is 5.32 Å². The summed E-state index contributed by atoms with van der Waals surface area (Å²) in [4.78, 5) is 19.7. The minimum absolute atomic E-state index is 0.265. The van der Waals surface area contributed by atoms with Crippen molar-refractivity contribution >= 4 is 28.8 Å². The number of amides is 1. The van der Waals surface area contributed by atoms with Crippen LogP contribution in [0.2, 0.25) is 0 Å². The highest BCUT2D eigenvalue weighted by Crippen LogP contribution is 2.10. The van der Waals surface area contributed by atoms with Crippen LogP contribution in [0.1, 0.15) is 15.9 Å². The first-order valence-electron chi connectivity index (χ1n) is 5.13. The van der Waals surface area contributed by atoms with Gasteiger partial charge in [-0.15, -0.1) is 0 Å².